The van der Waals surface area contributed by atoms with Gasteiger partial charge in [-0.15, -0.1) is 17.9 Å². The minimum atomic E-state index is -0.687. The Labute approximate surface area is 173 Å². The topological polar surface area (TPSA) is 105 Å². The number of benzene rings is 1. The van der Waals surface area contributed by atoms with Crippen LogP contribution in [0.5, 0.6) is 5.75 Å². The quantitative estimate of drug-likeness (QED) is 0.444. The SMILES string of the molecule is C=CCNc1nc(C(=O)OCC(=O)N(CCC#N)c2ccc(OCC)cc2)cs1. The highest BCUT2D eigenvalue weighted by molar-refractivity contribution is 7.13. The lowest BCUT2D eigenvalue weighted by atomic mass is 10.2. The Kier molecular flexibility index (Phi) is 8.66. The van der Waals surface area contributed by atoms with E-state index in [1.54, 1.807) is 35.7 Å². The molecule has 152 valence electrons. The molecule has 2 rings (SSSR count). The zero-order chi connectivity index (χ0) is 21.1. The van der Waals surface area contributed by atoms with Crippen LogP contribution in [-0.2, 0) is 9.53 Å². The third-order valence-electron chi connectivity index (χ3n) is 3.65. The summed E-state index contributed by atoms with van der Waals surface area (Å²) in [4.78, 5) is 30.3. The first-order valence-corrected chi connectivity index (χ1v) is 9.84. The molecule has 2 aromatic rings. The van der Waals surface area contributed by atoms with Gasteiger partial charge in [0.15, 0.2) is 17.4 Å². The van der Waals surface area contributed by atoms with Crippen molar-refractivity contribution < 1.29 is 19.1 Å². The summed E-state index contributed by atoms with van der Waals surface area (Å²) in [6, 6.07) is 8.94. The molecule has 0 unspecified atom stereocenters. The number of anilines is 2. The molecular formula is C20H22N4O4S. The van der Waals surface area contributed by atoms with Gasteiger partial charge < -0.3 is 19.7 Å². The molecule has 0 spiro atoms. The number of nitriles is 1. The molecule has 0 saturated heterocycles. The fraction of sp³-hybridized carbons (Fsp3) is 0.300. The lowest BCUT2D eigenvalue weighted by molar-refractivity contribution is -0.121. The molecule has 8 nitrogen and oxygen atoms in total. The molecule has 0 aliphatic rings. The molecule has 9 heteroatoms. The van der Waals surface area contributed by atoms with Gasteiger partial charge in [0.25, 0.3) is 5.91 Å². The van der Waals surface area contributed by atoms with Crippen molar-refractivity contribution in [3.63, 3.8) is 0 Å². The predicted octanol–water partition coefficient (Wildman–Crippen LogP) is 3.24. The molecule has 0 atom stereocenters. The molecule has 1 N–H and O–H groups in total. The van der Waals surface area contributed by atoms with E-state index in [2.05, 4.69) is 16.9 Å². The van der Waals surface area contributed by atoms with Gasteiger partial charge in [-0.3, -0.25) is 4.79 Å². The van der Waals surface area contributed by atoms with E-state index in [-0.39, 0.29) is 18.7 Å². The molecule has 1 heterocycles. The van der Waals surface area contributed by atoms with E-state index in [0.717, 1.165) is 0 Å². The highest BCUT2D eigenvalue weighted by atomic mass is 32.1. The van der Waals surface area contributed by atoms with E-state index < -0.39 is 18.5 Å². The lowest BCUT2D eigenvalue weighted by Crippen LogP contribution is -2.35. The van der Waals surface area contributed by atoms with Gasteiger partial charge in [0.05, 0.1) is 19.1 Å². The van der Waals surface area contributed by atoms with Crippen LogP contribution < -0.4 is 15.0 Å². The van der Waals surface area contributed by atoms with Crippen LogP contribution in [0.1, 0.15) is 23.8 Å². The van der Waals surface area contributed by atoms with Crippen molar-refractivity contribution in [3.8, 4) is 11.8 Å². The second-order valence-electron chi connectivity index (χ2n) is 5.66. The van der Waals surface area contributed by atoms with Crippen molar-refractivity contribution in [1.82, 2.24) is 4.98 Å². The number of thiazole rings is 1. The fourth-order valence-corrected chi connectivity index (χ4v) is 3.03. The second-order valence-corrected chi connectivity index (χ2v) is 6.52. The number of rotatable bonds is 11. The average molecular weight is 414 g/mol. The Morgan fingerprint density at radius 3 is 2.79 bits per heavy atom. The normalized spacial score (nSPS) is 9.93. The van der Waals surface area contributed by atoms with Crippen LogP contribution in [0, 0.1) is 11.3 Å². The van der Waals surface area contributed by atoms with Crippen molar-refractivity contribution in [2.24, 2.45) is 0 Å². The van der Waals surface area contributed by atoms with Gasteiger partial charge in [-0.1, -0.05) is 6.08 Å². The Bertz CT molecular complexity index is 873. The van der Waals surface area contributed by atoms with Crippen molar-refractivity contribution in [2.45, 2.75) is 13.3 Å². The highest BCUT2D eigenvalue weighted by Gasteiger charge is 2.19. The molecular weight excluding hydrogens is 392 g/mol. The number of nitrogens with zero attached hydrogens (tertiary/aromatic N) is 3. The van der Waals surface area contributed by atoms with Crippen LogP contribution in [0.4, 0.5) is 10.8 Å². The monoisotopic (exact) mass is 414 g/mol. The largest absolute Gasteiger partial charge is 0.494 e. The number of esters is 1. The number of nitrogens with one attached hydrogen (secondary N) is 1. The molecule has 0 saturated carbocycles. The van der Waals surface area contributed by atoms with E-state index in [0.29, 0.717) is 29.7 Å². The summed E-state index contributed by atoms with van der Waals surface area (Å²) in [6.07, 6.45) is 1.83. The standard InChI is InChI=1S/C20H22N4O4S/c1-3-11-22-20-23-17(14-29-20)19(26)28-13-18(25)24(12-5-10-21)15-6-8-16(9-7-15)27-4-2/h3,6-9,14H,1,4-5,11-13H2,2H3,(H,22,23). The summed E-state index contributed by atoms with van der Waals surface area (Å²) in [5.41, 5.74) is 0.716. The molecule has 0 fully saturated rings. The maximum absolute atomic E-state index is 12.6. The van der Waals surface area contributed by atoms with Crippen LogP contribution in [0.3, 0.4) is 0 Å². The van der Waals surface area contributed by atoms with E-state index in [1.807, 2.05) is 13.0 Å². The first-order valence-electron chi connectivity index (χ1n) is 8.96. The van der Waals surface area contributed by atoms with Gasteiger partial charge in [-0.25, -0.2) is 9.78 Å². The van der Waals surface area contributed by atoms with E-state index in [4.69, 9.17) is 14.7 Å². The van der Waals surface area contributed by atoms with Gasteiger partial charge in [0.2, 0.25) is 0 Å². The van der Waals surface area contributed by atoms with E-state index >= 15 is 0 Å². The van der Waals surface area contributed by atoms with Crippen molar-refractivity contribution >= 4 is 34.0 Å². The number of ether oxygens (including phenoxy) is 2. The van der Waals surface area contributed by atoms with Crippen LogP contribution in [0.2, 0.25) is 0 Å². The van der Waals surface area contributed by atoms with Crippen molar-refractivity contribution in [1.29, 1.82) is 5.26 Å². The zero-order valence-corrected chi connectivity index (χ0v) is 16.9. The Morgan fingerprint density at radius 1 is 1.38 bits per heavy atom. The highest BCUT2D eigenvalue weighted by Crippen LogP contribution is 2.20. The zero-order valence-electron chi connectivity index (χ0n) is 16.1. The van der Waals surface area contributed by atoms with Crippen molar-refractivity contribution in [3.05, 3.63) is 48.0 Å². The molecule has 0 bridgehead atoms. The maximum atomic E-state index is 12.6. The van der Waals surface area contributed by atoms with Crippen molar-refractivity contribution in [2.75, 3.05) is 36.5 Å². The van der Waals surface area contributed by atoms with Crippen LogP contribution in [0.15, 0.2) is 42.3 Å². The molecule has 0 aliphatic heterocycles. The average Bonchev–Trinajstić information content (AvgIpc) is 3.21. The number of carbonyl (C=O) groups is 2. The summed E-state index contributed by atoms with van der Waals surface area (Å²) in [5.74, 6) is -0.439. The summed E-state index contributed by atoms with van der Waals surface area (Å²) < 4.78 is 10.5. The summed E-state index contributed by atoms with van der Waals surface area (Å²) >= 11 is 1.26. The first-order chi connectivity index (χ1) is 14.1. The third-order valence-corrected chi connectivity index (χ3v) is 4.45. The first kappa shape index (κ1) is 21.9. The minimum absolute atomic E-state index is 0.124. The fourth-order valence-electron chi connectivity index (χ4n) is 2.34. The van der Waals surface area contributed by atoms with Crippen LogP contribution in [0.25, 0.3) is 0 Å². The summed E-state index contributed by atoms with van der Waals surface area (Å²) in [5, 5.41) is 14.0. The van der Waals surface area contributed by atoms with Gasteiger partial charge in [0.1, 0.15) is 5.75 Å². The number of aromatic nitrogens is 1. The summed E-state index contributed by atoms with van der Waals surface area (Å²) in [6.45, 7) is 6.27. The Balaban J connectivity index is 2.00. The smallest absolute Gasteiger partial charge is 0.358 e. The van der Waals surface area contributed by atoms with Gasteiger partial charge in [-0.2, -0.15) is 5.26 Å². The molecule has 1 amide bonds. The predicted molar refractivity (Wildman–Crippen MR) is 111 cm³/mol. The second kappa shape index (κ2) is 11.5. The van der Waals surface area contributed by atoms with E-state index in [1.165, 1.54) is 16.2 Å². The molecule has 1 aromatic heterocycles. The number of carbonyl (C=O) groups excluding carboxylic acids is 2. The lowest BCUT2D eigenvalue weighted by Gasteiger charge is -2.21. The molecule has 0 aliphatic carbocycles. The number of hydrogen-bond acceptors (Lipinski definition) is 8. The van der Waals surface area contributed by atoms with Gasteiger partial charge >= 0.3 is 5.97 Å². The van der Waals surface area contributed by atoms with Crippen LogP contribution in [-0.4, -0.2) is 43.2 Å². The molecule has 0 radical (unpaired) electrons. The minimum Gasteiger partial charge on any atom is -0.494 e. The Morgan fingerprint density at radius 2 is 2.14 bits per heavy atom. The van der Waals surface area contributed by atoms with Gasteiger partial charge in [-0.05, 0) is 31.2 Å². The molecule has 1 aromatic carbocycles. The Hall–Kier alpha value is -3.38. The van der Waals surface area contributed by atoms with Crippen LogP contribution >= 0.6 is 11.3 Å². The number of hydrogen-bond donors (Lipinski definition) is 1. The van der Waals surface area contributed by atoms with E-state index in [9.17, 15) is 9.59 Å². The maximum Gasteiger partial charge on any atom is 0.358 e. The number of amides is 1. The molecule has 29 heavy (non-hydrogen) atoms. The third kappa shape index (κ3) is 6.62. The summed E-state index contributed by atoms with van der Waals surface area (Å²) in [7, 11) is 0. The van der Waals surface area contributed by atoms with Gasteiger partial charge in [0, 0.05) is 24.2 Å².